The molecule has 0 bridgehead atoms. The fraction of sp³-hybridized carbons (Fsp3) is 0.238. The van der Waals surface area contributed by atoms with E-state index in [4.69, 9.17) is 9.94 Å². The molecule has 0 saturated heterocycles. The molecule has 1 aliphatic heterocycles. The molecule has 1 N–H and O–H groups in total. The van der Waals surface area contributed by atoms with Gasteiger partial charge in [-0.1, -0.05) is 35.5 Å². The number of benzene rings is 2. The molecule has 3 rings (SSSR count). The van der Waals surface area contributed by atoms with Crippen molar-refractivity contribution in [2.75, 3.05) is 26.2 Å². The number of hydrogen-bond acceptors (Lipinski definition) is 4. The van der Waals surface area contributed by atoms with Crippen LogP contribution in [0.15, 0.2) is 59.3 Å². The third-order valence-electron chi connectivity index (χ3n) is 4.45. The number of halogens is 2. The van der Waals surface area contributed by atoms with Gasteiger partial charge in [-0.25, -0.2) is 13.6 Å². The van der Waals surface area contributed by atoms with Crippen LogP contribution in [0.5, 0.6) is 0 Å². The molecule has 5 nitrogen and oxygen atoms in total. The number of hydrogen-bond donors (Lipinski definition) is 1. The van der Waals surface area contributed by atoms with Gasteiger partial charge in [0.25, 0.3) is 0 Å². The van der Waals surface area contributed by atoms with Gasteiger partial charge in [0.2, 0.25) is 0 Å². The SMILES string of the molecule is O=C(O)C1=CCCN(CCON=Cc2ccccc2-c2ccc(F)cc2F)C1. The molecule has 2 aromatic rings. The molecule has 1 heterocycles. The molecule has 2 aromatic carbocycles. The van der Waals surface area contributed by atoms with Gasteiger partial charge in [-0.2, -0.15) is 0 Å². The summed E-state index contributed by atoms with van der Waals surface area (Å²) in [5.74, 6) is -2.17. The third kappa shape index (κ3) is 5.01. The first-order valence-corrected chi connectivity index (χ1v) is 8.89. The van der Waals surface area contributed by atoms with Crippen LogP contribution >= 0.6 is 0 Å². The van der Waals surface area contributed by atoms with Crippen molar-refractivity contribution in [2.24, 2.45) is 5.16 Å². The first kappa shape index (κ1) is 19.7. The van der Waals surface area contributed by atoms with Crippen molar-refractivity contribution in [3.8, 4) is 11.1 Å². The van der Waals surface area contributed by atoms with E-state index in [2.05, 4.69) is 5.16 Å². The van der Waals surface area contributed by atoms with E-state index >= 15 is 0 Å². The Kier molecular flexibility index (Phi) is 6.49. The second-order valence-corrected chi connectivity index (χ2v) is 6.38. The van der Waals surface area contributed by atoms with Crippen molar-refractivity contribution < 1.29 is 23.5 Å². The quantitative estimate of drug-likeness (QED) is 0.448. The lowest BCUT2D eigenvalue weighted by molar-refractivity contribution is -0.133. The molecule has 0 atom stereocenters. The second kappa shape index (κ2) is 9.23. The third-order valence-corrected chi connectivity index (χ3v) is 4.45. The average molecular weight is 386 g/mol. The molecular formula is C21H20F2N2O3. The summed E-state index contributed by atoms with van der Waals surface area (Å²) >= 11 is 0. The monoisotopic (exact) mass is 386 g/mol. The van der Waals surface area contributed by atoms with Crippen LogP contribution in [-0.2, 0) is 9.63 Å². The number of rotatable bonds is 7. The summed E-state index contributed by atoms with van der Waals surface area (Å²) in [5, 5.41) is 13.0. The zero-order valence-corrected chi connectivity index (χ0v) is 15.1. The number of aliphatic carboxylic acids is 1. The second-order valence-electron chi connectivity index (χ2n) is 6.38. The van der Waals surface area contributed by atoms with Gasteiger partial charge in [0.05, 0.1) is 6.21 Å². The molecular weight excluding hydrogens is 366 g/mol. The Morgan fingerprint density at radius 1 is 1.21 bits per heavy atom. The number of carboxylic acid groups (broad SMARTS) is 1. The average Bonchev–Trinajstić information content (AvgIpc) is 2.68. The predicted octanol–water partition coefficient (Wildman–Crippen LogP) is 3.70. The molecule has 1 aliphatic rings. The number of carboxylic acids is 1. The molecule has 28 heavy (non-hydrogen) atoms. The van der Waals surface area contributed by atoms with Crippen LogP contribution in [0, 0.1) is 11.6 Å². The number of carbonyl (C=O) groups is 1. The van der Waals surface area contributed by atoms with Crippen LogP contribution in [0.4, 0.5) is 8.78 Å². The largest absolute Gasteiger partial charge is 0.478 e. The zero-order chi connectivity index (χ0) is 19.9. The summed E-state index contributed by atoms with van der Waals surface area (Å²) in [6, 6.07) is 10.5. The van der Waals surface area contributed by atoms with Crippen molar-refractivity contribution >= 4 is 12.2 Å². The molecule has 146 valence electrons. The minimum Gasteiger partial charge on any atom is -0.478 e. The predicted molar refractivity (Wildman–Crippen MR) is 102 cm³/mol. The van der Waals surface area contributed by atoms with Crippen molar-refractivity contribution in [1.29, 1.82) is 0 Å². The molecule has 0 aliphatic carbocycles. The van der Waals surface area contributed by atoms with E-state index in [1.54, 1.807) is 30.3 Å². The van der Waals surface area contributed by atoms with E-state index in [1.807, 2.05) is 4.90 Å². The highest BCUT2D eigenvalue weighted by molar-refractivity contribution is 5.90. The number of nitrogens with zero attached hydrogens (tertiary/aromatic N) is 2. The highest BCUT2D eigenvalue weighted by Crippen LogP contribution is 2.26. The van der Waals surface area contributed by atoms with Crippen molar-refractivity contribution in [3.05, 3.63) is 71.3 Å². The maximum atomic E-state index is 14.1. The maximum absolute atomic E-state index is 14.1. The smallest absolute Gasteiger partial charge is 0.332 e. The highest BCUT2D eigenvalue weighted by atomic mass is 19.1. The molecule has 0 radical (unpaired) electrons. The summed E-state index contributed by atoms with van der Waals surface area (Å²) in [5.41, 5.74) is 1.90. The van der Waals surface area contributed by atoms with Crippen molar-refractivity contribution in [3.63, 3.8) is 0 Å². The van der Waals surface area contributed by atoms with E-state index < -0.39 is 17.6 Å². The fourth-order valence-electron chi connectivity index (χ4n) is 3.03. The van der Waals surface area contributed by atoms with Gasteiger partial charge in [-0.05, 0) is 24.1 Å². The van der Waals surface area contributed by atoms with Gasteiger partial charge in [0.15, 0.2) is 0 Å². The lowest BCUT2D eigenvalue weighted by Crippen LogP contribution is -2.34. The summed E-state index contributed by atoms with van der Waals surface area (Å²) < 4.78 is 27.2. The van der Waals surface area contributed by atoms with Gasteiger partial charge < -0.3 is 9.94 Å². The minimum absolute atomic E-state index is 0.282. The van der Waals surface area contributed by atoms with Gasteiger partial charge in [-0.3, -0.25) is 4.90 Å². The molecule has 0 spiro atoms. The van der Waals surface area contributed by atoms with Crippen LogP contribution in [0.1, 0.15) is 12.0 Å². The summed E-state index contributed by atoms with van der Waals surface area (Å²) in [6.45, 7) is 2.01. The van der Waals surface area contributed by atoms with Crippen molar-refractivity contribution in [2.45, 2.75) is 6.42 Å². The molecule has 0 unspecified atom stereocenters. The van der Waals surface area contributed by atoms with E-state index in [1.165, 1.54) is 18.3 Å². The molecule has 0 saturated carbocycles. The molecule has 7 heteroatoms. The van der Waals surface area contributed by atoms with Crippen LogP contribution in [0.2, 0.25) is 0 Å². The summed E-state index contributed by atoms with van der Waals surface area (Å²) in [4.78, 5) is 18.3. The van der Waals surface area contributed by atoms with Crippen LogP contribution in [0.25, 0.3) is 11.1 Å². The van der Waals surface area contributed by atoms with Gasteiger partial charge in [0, 0.05) is 42.4 Å². The first-order chi connectivity index (χ1) is 13.5. The van der Waals surface area contributed by atoms with Crippen LogP contribution in [-0.4, -0.2) is 48.4 Å². The van der Waals surface area contributed by atoms with E-state index in [-0.39, 0.29) is 5.56 Å². The van der Waals surface area contributed by atoms with Crippen molar-refractivity contribution in [1.82, 2.24) is 4.90 Å². The Hall–Kier alpha value is -3.06. The van der Waals surface area contributed by atoms with Gasteiger partial charge >= 0.3 is 5.97 Å². The molecule has 0 aromatic heterocycles. The Balaban J connectivity index is 1.58. The Morgan fingerprint density at radius 2 is 2.04 bits per heavy atom. The number of oxime groups is 1. The Bertz CT molecular complexity index is 912. The highest BCUT2D eigenvalue weighted by Gasteiger charge is 2.17. The van der Waals surface area contributed by atoms with Gasteiger partial charge in [0.1, 0.15) is 18.2 Å². The lowest BCUT2D eigenvalue weighted by atomic mass is 10.00. The standard InChI is InChI=1S/C21H20F2N2O3/c22-17-7-8-19(20(23)12-17)18-6-2-1-4-15(18)13-24-28-11-10-25-9-3-5-16(14-25)21(26)27/h1-2,4-8,12-13H,3,9-11,14H2,(H,26,27). The van der Waals surface area contributed by atoms with Crippen LogP contribution < -0.4 is 0 Å². The van der Waals surface area contributed by atoms with Gasteiger partial charge in [-0.15, -0.1) is 0 Å². The minimum atomic E-state index is -0.895. The van der Waals surface area contributed by atoms with Crippen LogP contribution in [0.3, 0.4) is 0 Å². The van der Waals surface area contributed by atoms with E-state index in [0.29, 0.717) is 42.8 Å². The van der Waals surface area contributed by atoms with E-state index in [0.717, 1.165) is 12.6 Å². The topological polar surface area (TPSA) is 62.1 Å². The normalized spacial score (nSPS) is 14.9. The first-order valence-electron chi connectivity index (χ1n) is 8.89. The Labute approximate surface area is 161 Å². The summed E-state index contributed by atoms with van der Waals surface area (Å²) in [7, 11) is 0. The molecule has 0 fully saturated rings. The zero-order valence-electron chi connectivity index (χ0n) is 15.1. The Morgan fingerprint density at radius 3 is 2.82 bits per heavy atom. The fourth-order valence-corrected chi connectivity index (χ4v) is 3.03. The molecule has 0 amide bonds. The maximum Gasteiger partial charge on any atom is 0.332 e. The van der Waals surface area contributed by atoms with E-state index in [9.17, 15) is 13.6 Å². The summed E-state index contributed by atoms with van der Waals surface area (Å²) in [6.07, 6.45) is 3.92. The lowest BCUT2D eigenvalue weighted by Gasteiger charge is -2.24.